The van der Waals surface area contributed by atoms with Gasteiger partial charge in [0.05, 0.1) is 11.4 Å². The maximum Gasteiger partial charge on any atom is 0.223 e. The summed E-state index contributed by atoms with van der Waals surface area (Å²) in [5, 5.41) is 2.79. The molecule has 0 aliphatic heterocycles. The summed E-state index contributed by atoms with van der Waals surface area (Å²) < 4.78 is 2.52. The summed E-state index contributed by atoms with van der Waals surface area (Å²) in [6.45, 7) is 0. The van der Waals surface area contributed by atoms with E-state index >= 15 is 0 Å². The van der Waals surface area contributed by atoms with E-state index in [-0.39, 0.29) is 5.28 Å². The Morgan fingerprint density at radius 1 is 0.531 bits per heavy atom. The van der Waals surface area contributed by atoms with E-state index in [2.05, 4.69) is 70.6 Å². The lowest BCUT2D eigenvalue weighted by Crippen LogP contribution is -1.94. The minimum atomic E-state index is 0.247. The fourth-order valence-corrected chi connectivity index (χ4v) is 5.46. The Bertz CT molecular complexity index is 1570. The highest BCUT2D eigenvalue weighted by Crippen LogP contribution is 2.41. The lowest BCUT2D eigenvalue weighted by Gasteiger charge is -2.12. The van der Waals surface area contributed by atoms with Crippen molar-refractivity contribution in [3.8, 4) is 33.6 Å². The van der Waals surface area contributed by atoms with Crippen LogP contribution in [-0.2, 0) is 0 Å². The van der Waals surface area contributed by atoms with Gasteiger partial charge in [0.2, 0.25) is 5.28 Å². The third-order valence-corrected chi connectivity index (χ3v) is 6.95. The molecule has 0 saturated heterocycles. The van der Waals surface area contributed by atoms with Crippen molar-refractivity contribution in [2.75, 3.05) is 0 Å². The smallest absolute Gasteiger partial charge is 0.218 e. The molecule has 2 nitrogen and oxygen atoms in total. The average molecular weight is 449 g/mol. The molecule has 2 heterocycles. The molecule has 0 aliphatic rings. The summed E-state index contributed by atoms with van der Waals surface area (Å²) in [7, 11) is 0. The van der Waals surface area contributed by atoms with Gasteiger partial charge in [0.25, 0.3) is 0 Å². The van der Waals surface area contributed by atoms with Crippen LogP contribution in [0.4, 0.5) is 0 Å². The van der Waals surface area contributed by atoms with Crippen molar-refractivity contribution in [2.24, 2.45) is 0 Å². The normalized spacial score (nSPS) is 11.3. The van der Waals surface area contributed by atoms with E-state index in [1.165, 1.54) is 20.2 Å². The maximum absolute atomic E-state index is 6.41. The Hall–Kier alpha value is -3.53. The van der Waals surface area contributed by atoms with Gasteiger partial charge >= 0.3 is 0 Å². The number of hydrogen-bond donors (Lipinski definition) is 0. The standard InChI is InChI=1S/C28H17ClN2S/c29-28-30-24(19-11-5-2-6-12-19)17-25(31-28)22-16-27-23(20-13-7-8-14-26(20)32-27)15-21(22)18-9-3-1-4-10-18/h1-17H. The van der Waals surface area contributed by atoms with Gasteiger partial charge in [0.15, 0.2) is 0 Å². The molecule has 0 aliphatic carbocycles. The first kappa shape index (κ1) is 19.2. The molecule has 0 saturated carbocycles. The second kappa shape index (κ2) is 7.86. The van der Waals surface area contributed by atoms with E-state index in [4.69, 9.17) is 11.6 Å². The molecule has 0 radical (unpaired) electrons. The predicted molar refractivity (Wildman–Crippen MR) is 136 cm³/mol. The molecule has 0 amide bonds. The molecule has 0 N–H and O–H groups in total. The minimum Gasteiger partial charge on any atom is -0.218 e. The van der Waals surface area contributed by atoms with Gasteiger partial charge in [0, 0.05) is 31.3 Å². The molecule has 6 aromatic rings. The highest BCUT2D eigenvalue weighted by Gasteiger charge is 2.16. The molecule has 0 unspecified atom stereocenters. The molecule has 152 valence electrons. The van der Waals surface area contributed by atoms with Crippen molar-refractivity contribution in [1.82, 2.24) is 9.97 Å². The topological polar surface area (TPSA) is 25.8 Å². The van der Waals surface area contributed by atoms with Gasteiger partial charge in [0.1, 0.15) is 0 Å². The maximum atomic E-state index is 6.41. The van der Waals surface area contributed by atoms with Crippen molar-refractivity contribution in [2.45, 2.75) is 0 Å². The van der Waals surface area contributed by atoms with Crippen molar-refractivity contribution in [3.63, 3.8) is 0 Å². The van der Waals surface area contributed by atoms with Gasteiger partial charge in [-0.1, -0.05) is 78.9 Å². The van der Waals surface area contributed by atoms with Crippen LogP contribution in [0.3, 0.4) is 0 Å². The van der Waals surface area contributed by atoms with Crippen LogP contribution in [0.5, 0.6) is 0 Å². The van der Waals surface area contributed by atoms with Gasteiger partial charge in [-0.05, 0) is 47.0 Å². The highest BCUT2D eigenvalue weighted by atomic mass is 35.5. The quantitative estimate of drug-likeness (QED) is 0.253. The van der Waals surface area contributed by atoms with E-state index in [1.54, 1.807) is 11.3 Å². The lowest BCUT2D eigenvalue weighted by atomic mass is 9.94. The molecule has 4 heteroatoms. The number of halogens is 1. The first-order chi connectivity index (χ1) is 15.8. The zero-order valence-electron chi connectivity index (χ0n) is 17.0. The van der Waals surface area contributed by atoms with E-state index in [0.29, 0.717) is 0 Å². The van der Waals surface area contributed by atoms with Crippen LogP contribution in [0.25, 0.3) is 53.8 Å². The van der Waals surface area contributed by atoms with E-state index in [9.17, 15) is 0 Å². The van der Waals surface area contributed by atoms with Gasteiger partial charge in [-0.25, -0.2) is 9.97 Å². The molecule has 4 aromatic carbocycles. The molecular weight excluding hydrogens is 432 g/mol. The molecule has 32 heavy (non-hydrogen) atoms. The van der Waals surface area contributed by atoms with Crippen LogP contribution >= 0.6 is 22.9 Å². The van der Waals surface area contributed by atoms with Crippen LogP contribution in [-0.4, -0.2) is 9.97 Å². The Labute approximate surface area is 194 Å². The van der Waals surface area contributed by atoms with E-state index in [1.807, 2.05) is 42.5 Å². The van der Waals surface area contributed by atoms with Crippen molar-refractivity contribution >= 4 is 43.1 Å². The molecule has 0 atom stereocenters. The van der Waals surface area contributed by atoms with Crippen molar-refractivity contribution in [1.29, 1.82) is 0 Å². The zero-order chi connectivity index (χ0) is 21.5. The second-order valence-electron chi connectivity index (χ2n) is 7.63. The number of benzene rings is 4. The van der Waals surface area contributed by atoms with Gasteiger partial charge in [-0.3, -0.25) is 0 Å². The van der Waals surface area contributed by atoms with Gasteiger partial charge in [-0.15, -0.1) is 11.3 Å². The number of aromatic nitrogens is 2. The third-order valence-electron chi connectivity index (χ3n) is 5.65. The van der Waals surface area contributed by atoms with Crippen LogP contribution in [0.15, 0.2) is 103 Å². The molecule has 0 bridgehead atoms. The summed E-state index contributed by atoms with van der Waals surface area (Å²) in [6.07, 6.45) is 0. The van der Waals surface area contributed by atoms with E-state index in [0.717, 1.165) is 33.6 Å². The van der Waals surface area contributed by atoms with Crippen molar-refractivity contribution < 1.29 is 0 Å². The van der Waals surface area contributed by atoms with Gasteiger partial charge in [-0.2, -0.15) is 0 Å². The number of thiophene rings is 1. The Morgan fingerprint density at radius 2 is 1.19 bits per heavy atom. The molecule has 0 spiro atoms. The van der Waals surface area contributed by atoms with Gasteiger partial charge < -0.3 is 0 Å². The number of hydrogen-bond acceptors (Lipinski definition) is 3. The zero-order valence-corrected chi connectivity index (χ0v) is 18.6. The molecular formula is C28H17ClN2S. The summed E-state index contributed by atoms with van der Waals surface area (Å²) in [5.74, 6) is 0. The predicted octanol–water partition coefficient (Wildman–Crippen LogP) is 8.50. The second-order valence-corrected chi connectivity index (χ2v) is 9.05. The summed E-state index contributed by atoms with van der Waals surface area (Å²) in [5.41, 5.74) is 5.99. The Kier molecular flexibility index (Phi) is 4.71. The Balaban J connectivity index is 1.65. The summed E-state index contributed by atoms with van der Waals surface area (Å²) >= 11 is 8.21. The average Bonchev–Trinajstić information content (AvgIpc) is 3.21. The number of rotatable bonds is 3. The molecule has 0 fully saturated rings. The molecule has 2 aromatic heterocycles. The fraction of sp³-hybridized carbons (Fsp3) is 0. The van der Waals surface area contributed by atoms with E-state index < -0.39 is 0 Å². The highest BCUT2D eigenvalue weighted by molar-refractivity contribution is 7.25. The van der Waals surface area contributed by atoms with Crippen LogP contribution in [0.2, 0.25) is 5.28 Å². The van der Waals surface area contributed by atoms with Crippen LogP contribution in [0, 0.1) is 0 Å². The minimum absolute atomic E-state index is 0.247. The van der Waals surface area contributed by atoms with Crippen LogP contribution in [0.1, 0.15) is 0 Å². The first-order valence-electron chi connectivity index (χ1n) is 10.4. The van der Waals surface area contributed by atoms with Crippen molar-refractivity contribution in [3.05, 3.63) is 108 Å². The number of fused-ring (bicyclic) bond motifs is 3. The fourth-order valence-electron chi connectivity index (χ4n) is 4.15. The molecule has 6 rings (SSSR count). The largest absolute Gasteiger partial charge is 0.223 e. The third kappa shape index (κ3) is 3.36. The lowest BCUT2D eigenvalue weighted by molar-refractivity contribution is 1.18. The SMILES string of the molecule is Clc1nc(-c2ccccc2)cc(-c2cc3sc4ccccc4c3cc2-c2ccccc2)n1. The monoisotopic (exact) mass is 448 g/mol. The Morgan fingerprint density at radius 3 is 1.97 bits per heavy atom. The number of nitrogens with zero attached hydrogens (tertiary/aromatic N) is 2. The first-order valence-corrected chi connectivity index (χ1v) is 11.6. The summed E-state index contributed by atoms with van der Waals surface area (Å²) in [6, 6.07) is 35.7. The van der Waals surface area contributed by atoms with Crippen LogP contribution < -0.4 is 0 Å². The summed E-state index contributed by atoms with van der Waals surface area (Å²) in [4.78, 5) is 9.12.